The molecule has 0 aromatic carbocycles. The summed E-state index contributed by atoms with van der Waals surface area (Å²) in [6.45, 7) is 2.15. The molecule has 0 amide bonds. The molecule has 0 spiro atoms. The van der Waals surface area contributed by atoms with Crippen molar-refractivity contribution < 1.29 is 18.7 Å². The zero-order chi connectivity index (χ0) is 18.1. The molecule has 0 aliphatic rings. The zero-order valence-electron chi connectivity index (χ0n) is 14.6. The molecule has 4 heteroatoms. The van der Waals surface area contributed by atoms with Crippen molar-refractivity contribution in [2.75, 3.05) is 0 Å². The first-order chi connectivity index (χ1) is 11.5. The van der Waals surface area contributed by atoms with Gasteiger partial charge in [0.15, 0.2) is 0 Å². The number of rotatable bonds is 14. The number of hydrogen-bond donors (Lipinski definition) is 1. The lowest BCUT2D eigenvalue weighted by atomic mass is 10.2. The second-order valence-corrected chi connectivity index (χ2v) is 5.68. The Morgan fingerprint density at radius 2 is 1.42 bits per heavy atom. The molecule has 0 saturated heterocycles. The standard InChI is InChI=1S/C20H30F2O2/c1-2-3-4-5-6-8-11-14-17-20(21,22)18-15-12-9-7-10-13-16-19(23)24/h6-9,14-15,17-18H,2-5,10-13,16H2,1H3,(H,23,24). The van der Waals surface area contributed by atoms with Gasteiger partial charge in [-0.3, -0.25) is 4.79 Å². The Morgan fingerprint density at radius 3 is 1.92 bits per heavy atom. The third kappa shape index (κ3) is 16.7. The van der Waals surface area contributed by atoms with E-state index >= 15 is 0 Å². The Balaban J connectivity index is 3.87. The Labute approximate surface area is 144 Å². The van der Waals surface area contributed by atoms with Crippen molar-refractivity contribution in [2.45, 2.75) is 70.6 Å². The molecule has 24 heavy (non-hydrogen) atoms. The smallest absolute Gasteiger partial charge is 0.303 e. The van der Waals surface area contributed by atoms with Gasteiger partial charge in [-0.15, -0.1) is 0 Å². The van der Waals surface area contributed by atoms with Crippen LogP contribution in [0.5, 0.6) is 0 Å². The van der Waals surface area contributed by atoms with Crippen LogP contribution in [0.4, 0.5) is 8.78 Å². The van der Waals surface area contributed by atoms with Gasteiger partial charge in [-0.25, -0.2) is 0 Å². The minimum absolute atomic E-state index is 0.135. The van der Waals surface area contributed by atoms with Gasteiger partial charge in [0.1, 0.15) is 0 Å². The maximum absolute atomic E-state index is 13.5. The second-order valence-electron chi connectivity index (χ2n) is 5.68. The number of halogens is 2. The van der Waals surface area contributed by atoms with E-state index in [1.807, 2.05) is 18.2 Å². The first-order valence-corrected chi connectivity index (χ1v) is 8.73. The molecule has 0 fully saturated rings. The first-order valence-electron chi connectivity index (χ1n) is 8.73. The normalized spacial score (nSPS) is 13.1. The molecule has 0 rings (SSSR count). The molecule has 0 heterocycles. The lowest BCUT2D eigenvalue weighted by molar-refractivity contribution is -0.137. The summed E-state index contributed by atoms with van der Waals surface area (Å²) in [5.74, 6) is -3.74. The van der Waals surface area contributed by atoms with Crippen LogP contribution in [0.15, 0.2) is 48.6 Å². The van der Waals surface area contributed by atoms with E-state index in [9.17, 15) is 13.6 Å². The van der Waals surface area contributed by atoms with Crippen LogP contribution in [0.2, 0.25) is 0 Å². The molecule has 136 valence electrons. The van der Waals surface area contributed by atoms with Crippen molar-refractivity contribution in [3.63, 3.8) is 0 Å². The lowest BCUT2D eigenvalue weighted by Gasteiger charge is -2.04. The number of carboxylic acids is 1. The lowest BCUT2D eigenvalue weighted by Crippen LogP contribution is -2.06. The fourth-order valence-electron chi connectivity index (χ4n) is 1.97. The predicted octanol–water partition coefficient (Wildman–Crippen LogP) is 6.46. The van der Waals surface area contributed by atoms with E-state index in [0.717, 1.165) is 25.0 Å². The monoisotopic (exact) mass is 340 g/mol. The van der Waals surface area contributed by atoms with Crippen LogP contribution in [-0.2, 0) is 4.79 Å². The topological polar surface area (TPSA) is 37.3 Å². The minimum Gasteiger partial charge on any atom is -0.481 e. The summed E-state index contributed by atoms with van der Waals surface area (Å²) in [7, 11) is 0. The number of aliphatic carboxylic acids is 1. The maximum atomic E-state index is 13.5. The van der Waals surface area contributed by atoms with Crippen molar-refractivity contribution in [3.05, 3.63) is 48.6 Å². The minimum atomic E-state index is -2.92. The fraction of sp³-hybridized carbons (Fsp3) is 0.550. The molecule has 0 aromatic heterocycles. The SMILES string of the molecule is CCCCCC=CCC=CC(F)(F)C=CCC=CCCCC(=O)O. The summed E-state index contributed by atoms with van der Waals surface area (Å²) >= 11 is 0. The molecule has 1 N–H and O–H groups in total. The number of carboxylic acid groups (broad SMARTS) is 1. The summed E-state index contributed by atoms with van der Waals surface area (Å²) in [6, 6.07) is 0. The first kappa shape index (κ1) is 22.3. The van der Waals surface area contributed by atoms with Crippen molar-refractivity contribution in [3.8, 4) is 0 Å². The third-order valence-electron chi connectivity index (χ3n) is 3.29. The summed E-state index contributed by atoms with van der Waals surface area (Å²) in [4.78, 5) is 10.3. The molecular weight excluding hydrogens is 310 g/mol. The average molecular weight is 340 g/mol. The highest BCUT2D eigenvalue weighted by atomic mass is 19.3. The van der Waals surface area contributed by atoms with Crippen LogP contribution >= 0.6 is 0 Å². The molecule has 0 atom stereocenters. The van der Waals surface area contributed by atoms with Crippen molar-refractivity contribution >= 4 is 5.97 Å². The summed E-state index contributed by atoms with van der Waals surface area (Å²) in [5.41, 5.74) is 0. The van der Waals surface area contributed by atoms with E-state index in [1.165, 1.54) is 25.0 Å². The summed E-state index contributed by atoms with van der Waals surface area (Å²) in [6.07, 6.45) is 19.2. The zero-order valence-corrected chi connectivity index (χ0v) is 14.6. The molecule has 0 unspecified atom stereocenters. The van der Waals surface area contributed by atoms with Gasteiger partial charge in [-0.1, -0.05) is 56.2 Å². The van der Waals surface area contributed by atoms with E-state index in [4.69, 9.17) is 5.11 Å². The number of carbonyl (C=O) groups is 1. The van der Waals surface area contributed by atoms with Crippen molar-refractivity contribution in [1.29, 1.82) is 0 Å². The maximum Gasteiger partial charge on any atom is 0.303 e. The Kier molecular flexibility index (Phi) is 13.8. The molecule has 0 saturated carbocycles. The van der Waals surface area contributed by atoms with Gasteiger partial charge in [-0.2, -0.15) is 8.78 Å². The van der Waals surface area contributed by atoms with Crippen LogP contribution < -0.4 is 0 Å². The van der Waals surface area contributed by atoms with Gasteiger partial charge in [0.25, 0.3) is 5.92 Å². The highest BCUT2D eigenvalue weighted by Crippen LogP contribution is 2.18. The van der Waals surface area contributed by atoms with Gasteiger partial charge < -0.3 is 5.11 Å². The fourth-order valence-corrected chi connectivity index (χ4v) is 1.97. The van der Waals surface area contributed by atoms with E-state index in [0.29, 0.717) is 25.7 Å². The molecule has 0 aliphatic heterocycles. The van der Waals surface area contributed by atoms with Gasteiger partial charge in [0.05, 0.1) is 0 Å². The quantitative estimate of drug-likeness (QED) is 0.291. The van der Waals surface area contributed by atoms with E-state index < -0.39 is 11.9 Å². The molecular formula is C20H30F2O2. The molecule has 2 nitrogen and oxygen atoms in total. The van der Waals surface area contributed by atoms with Crippen LogP contribution in [0.1, 0.15) is 64.7 Å². The number of allylic oxidation sites excluding steroid dienone is 8. The highest BCUT2D eigenvalue weighted by molar-refractivity contribution is 5.66. The number of unbranched alkanes of at least 4 members (excludes halogenated alkanes) is 4. The average Bonchev–Trinajstić information content (AvgIpc) is 2.52. The largest absolute Gasteiger partial charge is 0.481 e. The van der Waals surface area contributed by atoms with Gasteiger partial charge in [-0.05, 0) is 50.7 Å². The van der Waals surface area contributed by atoms with Crippen LogP contribution in [0.25, 0.3) is 0 Å². The van der Waals surface area contributed by atoms with Gasteiger partial charge >= 0.3 is 5.97 Å². The molecule has 0 aliphatic carbocycles. The Hall–Kier alpha value is -1.71. The van der Waals surface area contributed by atoms with E-state index in [-0.39, 0.29) is 6.42 Å². The van der Waals surface area contributed by atoms with Crippen LogP contribution in [0, 0.1) is 0 Å². The van der Waals surface area contributed by atoms with Crippen molar-refractivity contribution in [1.82, 2.24) is 0 Å². The van der Waals surface area contributed by atoms with Gasteiger partial charge in [0, 0.05) is 6.42 Å². The summed E-state index contributed by atoms with van der Waals surface area (Å²) in [5, 5.41) is 8.47. The number of alkyl halides is 2. The second kappa shape index (κ2) is 14.9. The van der Waals surface area contributed by atoms with Crippen molar-refractivity contribution in [2.24, 2.45) is 0 Å². The van der Waals surface area contributed by atoms with Crippen LogP contribution in [-0.4, -0.2) is 17.0 Å². The predicted molar refractivity (Wildman–Crippen MR) is 96.4 cm³/mol. The van der Waals surface area contributed by atoms with E-state index in [2.05, 4.69) is 6.92 Å². The number of hydrogen-bond acceptors (Lipinski definition) is 1. The summed E-state index contributed by atoms with van der Waals surface area (Å²) < 4.78 is 27.1. The third-order valence-corrected chi connectivity index (χ3v) is 3.29. The Morgan fingerprint density at radius 1 is 0.875 bits per heavy atom. The molecule has 0 bridgehead atoms. The van der Waals surface area contributed by atoms with E-state index in [1.54, 1.807) is 6.08 Å². The highest BCUT2D eigenvalue weighted by Gasteiger charge is 2.19. The molecule has 0 aromatic rings. The Bertz CT molecular complexity index is 435. The van der Waals surface area contributed by atoms with Crippen LogP contribution in [0.3, 0.4) is 0 Å². The van der Waals surface area contributed by atoms with Gasteiger partial charge in [0.2, 0.25) is 0 Å². The molecule has 0 radical (unpaired) electrons.